The van der Waals surface area contributed by atoms with Gasteiger partial charge in [0.05, 0.1) is 0 Å². The minimum Gasteiger partial charge on any atom is -0.369 e. The van der Waals surface area contributed by atoms with Crippen LogP contribution in [0, 0.1) is 6.92 Å². The average molecular weight is 398 g/mol. The molecule has 28 heavy (non-hydrogen) atoms. The maximum absolute atomic E-state index is 12.7. The summed E-state index contributed by atoms with van der Waals surface area (Å²) in [6, 6.07) is 11.8. The summed E-state index contributed by atoms with van der Waals surface area (Å²) in [4.78, 5) is 17.6. The van der Waals surface area contributed by atoms with Crippen LogP contribution in [-0.2, 0) is 12.8 Å². The molecule has 1 heterocycles. The number of carbonyl (C=O) groups is 1. The van der Waals surface area contributed by atoms with Crippen LogP contribution in [0.4, 0.5) is 5.69 Å². The van der Waals surface area contributed by atoms with Crippen LogP contribution < -0.4 is 10.2 Å². The molecular weight excluding hydrogens is 370 g/mol. The number of halogens is 1. The van der Waals surface area contributed by atoms with Gasteiger partial charge in [0, 0.05) is 48.5 Å². The van der Waals surface area contributed by atoms with Gasteiger partial charge in [-0.3, -0.25) is 4.79 Å². The van der Waals surface area contributed by atoms with Gasteiger partial charge in [-0.25, -0.2) is 0 Å². The molecule has 0 radical (unpaired) electrons. The fourth-order valence-corrected chi connectivity index (χ4v) is 4.50. The van der Waals surface area contributed by atoms with Crippen molar-refractivity contribution in [3.05, 3.63) is 63.7 Å². The van der Waals surface area contributed by atoms with Gasteiger partial charge >= 0.3 is 0 Å². The summed E-state index contributed by atoms with van der Waals surface area (Å²) < 4.78 is 0. The van der Waals surface area contributed by atoms with Crippen molar-refractivity contribution >= 4 is 23.2 Å². The predicted molar refractivity (Wildman–Crippen MR) is 116 cm³/mol. The maximum atomic E-state index is 12.7. The Labute approximate surface area is 172 Å². The summed E-state index contributed by atoms with van der Waals surface area (Å²) >= 11 is 5.94. The lowest BCUT2D eigenvalue weighted by Crippen LogP contribution is -2.45. The minimum atomic E-state index is -0.0149. The molecule has 0 saturated carbocycles. The second-order valence-corrected chi connectivity index (χ2v) is 8.51. The zero-order chi connectivity index (χ0) is 19.7. The van der Waals surface area contributed by atoms with Crippen molar-refractivity contribution in [3.63, 3.8) is 0 Å². The number of nitrogens with one attached hydrogen (secondary N) is 1. The normalized spacial score (nSPS) is 20.0. The van der Waals surface area contributed by atoms with Crippen LogP contribution in [0.3, 0.4) is 0 Å². The molecule has 4 nitrogen and oxygen atoms in total. The smallest absolute Gasteiger partial charge is 0.251 e. The van der Waals surface area contributed by atoms with Gasteiger partial charge in [0.2, 0.25) is 0 Å². The van der Waals surface area contributed by atoms with Crippen molar-refractivity contribution in [2.24, 2.45) is 0 Å². The molecule has 1 N–H and O–H groups in total. The fraction of sp³-hybridized carbons (Fsp3) is 0.435. The van der Waals surface area contributed by atoms with E-state index in [-0.39, 0.29) is 11.9 Å². The Morgan fingerprint density at radius 1 is 1.04 bits per heavy atom. The van der Waals surface area contributed by atoms with Gasteiger partial charge in [0.1, 0.15) is 0 Å². The van der Waals surface area contributed by atoms with Gasteiger partial charge in [-0.2, -0.15) is 0 Å². The zero-order valence-electron chi connectivity index (χ0n) is 16.7. The van der Waals surface area contributed by atoms with E-state index >= 15 is 0 Å². The van der Waals surface area contributed by atoms with Gasteiger partial charge in [-0.1, -0.05) is 17.7 Å². The van der Waals surface area contributed by atoms with Crippen molar-refractivity contribution in [3.8, 4) is 0 Å². The van der Waals surface area contributed by atoms with Gasteiger partial charge < -0.3 is 15.1 Å². The molecule has 5 heteroatoms. The quantitative estimate of drug-likeness (QED) is 0.858. The Morgan fingerprint density at radius 2 is 1.75 bits per heavy atom. The standard InChI is InChI=1S/C23H28ClN3O/c1-16-3-10-22(27-13-11-26(2)12-14-27)21-15-19(8-9-20(16)21)25-23(28)17-4-6-18(24)7-5-17/h3-7,10,19H,8-9,11-15H2,1-2H3,(H,25,28)/t19-/m1/s1. The van der Waals surface area contributed by atoms with Gasteiger partial charge in [-0.15, -0.1) is 0 Å². The highest BCUT2D eigenvalue weighted by atomic mass is 35.5. The average Bonchev–Trinajstić information content (AvgIpc) is 2.70. The Balaban J connectivity index is 1.52. The number of hydrogen-bond acceptors (Lipinski definition) is 3. The predicted octanol–water partition coefficient (Wildman–Crippen LogP) is 3.69. The van der Waals surface area contributed by atoms with E-state index in [1.807, 2.05) is 0 Å². The molecule has 1 saturated heterocycles. The van der Waals surface area contributed by atoms with E-state index < -0.39 is 0 Å². The van der Waals surface area contributed by atoms with E-state index in [4.69, 9.17) is 11.6 Å². The van der Waals surface area contributed by atoms with Crippen LogP contribution in [0.25, 0.3) is 0 Å². The topological polar surface area (TPSA) is 35.6 Å². The Bertz CT molecular complexity index is 857. The number of carbonyl (C=O) groups excluding carboxylic acids is 1. The lowest BCUT2D eigenvalue weighted by atomic mass is 9.84. The van der Waals surface area contributed by atoms with E-state index in [2.05, 4.69) is 41.2 Å². The lowest BCUT2D eigenvalue weighted by Gasteiger charge is -2.37. The first-order valence-corrected chi connectivity index (χ1v) is 10.5. The number of anilines is 1. The molecule has 4 rings (SSSR count). The van der Waals surface area contributed by atoms with Crippen molar-refractivity contribution in [2.45, 2.75) is 32.2 Å². The number of piperazine rings is 1. The molecule has 2 aromatic carbocycles. The molecule has 0 bridgehead atoms. The highest BCUT2D eigenvalue weighted by Gasteiger charge is 2.26. The molecule has 1 amide bonds. The van der Waals surface area contributed by atoms with Crippen LogP contribution in [0.2, 0.25) is 5.02 Å². The number of likely N-dealkylation sites (N-methyl/N-ethyl adjacent to an activating group) is 1. The summed E-state index contributed by atoms with van der Waals surface area (Å²) in [6.07, 6.45) is 2.91. The zero-order valence-corrected chi connectivity index (χ0v) is 17.4. The minimum absolute atomic E-state index is 0.0149. The highest BCUT2D eigenvalue weighted by Crippen LogP contribution is 2.33. The van der Waals surface area contributed by atoms with Gasteiger partial charge in [0.15, 0.2) is 0 Å². The number of hydrogen-bond donors (Lipinski definition) is 1. The number of aryl methyl sites for hydroxylation is 1. The second kappa shape index (κ2) is 8.14. The Kier molecular flexibility index (Phi) is 5.61. The molecule has 2 aliphatic rings. The number of nitrogens with zero attached hydrogens (tertiary/aromatic N) is 2. The van der Waals surface area contributed by atoms with Crippen LogP contribution in [-0.4, -0.2) is 50.1 Å². The third-order valence-corrected chi connectivity index (χ3v) is 6.37. The van der Waals surface area contributed by atoms with Crippen LogP contribution >= 0.6 is 11.6 Å². The molecule has 2 aromatic rings. The monoisotopic (exact) mass is 397 g/mol. The molecular formula is C23H28ClN3O. The van der Waals surface area contributed by atoms with E-state index in [1.165, 1.54) is 22.4 Å². The first-order chi connectivity index (χ1) is 13.5. The van der Waals surface area contributed by atoms with Gasteiger partial charge in [-0.05, 0) is 80.3 Å². The van der Waals surface area contributed by atoms with E-state index in [1.54, 1.807) is 24.3 Å². The number of rotatable bonds is 3. The summed E-state index contributed by atoms with van der Waals surface area (Å²) in [6.45, 7) is 6.53. The summed E-state index contributed by atoms with van der Waals surface area (Å²) in [5.41, 5.74) is 6.30. The van der Waals surface area contributed by atoms with Crippen molar-refractivity contribution < 1.29 is 4.79 Å². The SMILES string of the molecule is Cc1ccc(N2CCN(C)CC2)c2c1CC[C@@H](NC(=O)c1ccc(Cl)cc1)C2. The first kappa shape index (κ1) is 19.3. The first-order valence-electron chi connectivity index (χ1n) is 10.1. The van der Waals surface area contributed by atoms with E-state index in [9.17, 15) is 4.79 Å². The van der Waals surface area contributed by atoms with E-state index in [0.29, 0.717) is 10.6 Å². The fourth-order valence-electron chi connectivity index (χ4n) is 4.38. The summed E-state index contributed by atoms with van der Waals surface area (Å²) in [5.74, 6) is -0.0149. The molecule has 0 spiro atoms. The van der Waals surface area contributed by atoms with Gasteiger partial charge in [0.25, 0.3) is 5.91 Å². The molecule has 1 aliphatic heterocycles. The molecule has 1 aliphatic carbocycles. The van der Waals surface area contributed by atoms with Crippen LogP contribution in [0.15, 0.2) is 36.4 Å². The van der Waals surface area contributed by atoms with Crippen molar-refractivity contribution in [1.82, 2.24) is 10.2 Å². The summed E-state index contributed by atoms with van der Waals surface area (Å²) in [5, 5.41) is 3.89. The van der Waals surface area contributed by atoms with Crippen molar-refractivity contribution in [1.29, 1.82) is 0 Å². The van der Waals surface area contributed by atoms with Crippen molar-refractivity contribution in [2.75, 3.05) is 38.1 Å². The Morgan fingerprint density at radius 3 is 2.46 bits per heavy atom. The second-order valence-electron chi connectivity index (χ2n) is 8.07. The third kappa shape index (κ3) is 4.03. The number of fused-ring (bicyclic) bond motifs is 1. The van der Waals surface area contributed by atoms with Crippen LogP contribution in [0.1, 0.15) is 33.5 Å². The summed E-state index contributed by atoms with van der Waals surface area (Å²) in [7, 11) is 2.18. The molecule has 0 aromatic heterocycles. The van der Waals surface area contributed by atoms with Crippen LogP contribution in [0.5, 0.6) is 0 Å². The lowest BCUT2D eigenvalue weighted by molar-refractivity contribution is 0.0933. The largest absolute Gasteiger partial charge is 0.369 e. The maximum Gasteiger partial charge on any atom is 0.251 e. The number of amides is 1. The number of benzene rings is 2. The van der Waals surface area contributed by atoms with E-state index in [0.717, 1.165) is 45.4 Å². The molecule has 148 valence electrons. The molecule has 0 unspecified atom stereocenters. The molecule has 1 fully saturated rings. The highest BCUT2D eigenvalue weighted by molar-refractivity contribution is 6.30. The third-order valence-electron chi connectivity index (χ3n) is 6.12. The molecule has 1 atom stereocenters. The Hall–Kier alpha value is -2.04.